The van der Waals surface area contributed by atoms with Crippen molar-refractivity contribution < 1.29 is 36.3 Å². The molecule has 13 heteroatoms. The first-order valence-corrected chi connectivity index (χ1v) is 16.1. The summed E-state index contributed by atoms with van der Waals surface area (Å²) >= 11 is 6.42. The van der Waals surface area contributed by atoms with Crippen LogP contribution in [0.3, 0.4) is 0 Å². The number of rotatable bonds is 10. The van der Waals surface area contributed by atoms with E-state index in [0.29, 0.717) is 64.9 Å². The number of urea groups is 1. The number of benzene rings is 2. The number of morpholine rings is 1. The number of hydrogen-bond acceptors (Lipinski definition) is 8. The second-order valence-electron chi connectivity index (χ2n) is 10.2. The average molecular weight is 644 g/mol. The summed E-state index contributed by atoms with van der Waals surface area (Å²) in [5, 5.41) is 0.887. The SMILES string of the molecule is CCOC(=O)c1oc2ccc(S(=O)(=O)N(CC)c3ccc(Cl)cc3CN(Cc3ccco3)C(=O)N3CCOCC3)cc2c1C. The van der Waals surface area contributed by atoms with Crippen molar-refractivity contribution in [1.29, 1.82) is 0 Å². The molecule has 4 aromatic rings. The van der Waals surface area contributed by atoms with Crippen molar-refractivity contribution in [3.63, 3.8) is 0 Å². The normalized spacial score (nSPS) is 13.7. The third-order valence-electron chi connectivity index (χ3n) is 7.39. The van der Waals surface area contributed by atoms with Crippen molar-refractivity contribution in [2.45, 2.75) is 38.8 Å². The molecule has 0 spiro atoms. The zero-order chi connectivity index (χ0) is 31.4. The Morgan fingerprint density at radius 3 is 2.50 bits per heavy atom. The van der Waals surface area contributed by atoms with Gasteiger partial charge in [0.1, 0.15) is 11.3 Å². The molecule has 0 saturated carbocycles. The predicted molar refractivity (Wildman–Crippen MR) is 164 cm³/mol. The van der Waals surface area contributed by atoms with Crippen LogP contribution in [0.15, 0.2) is 68.5 Å². The molecule has 11 nitrogen and oxygen atoms in total. The van der Waals surface area contributed by atoms with Crippen LogP contribution in [0.25, 0.3) is 11.0 Å². The summed E-state index contributed by atoms with van der Waals surface area (Å²) in [5.41, 5.74) is 1.78. The molecule has 5 rings (SSSR count). The van der Waals surface area contributed by atoms with Gasteiger partial charge in [-0.15, -0.1) is 0 Å². The van der Waals surface area contributed by atoms with Crippen LogP contribution in [-0.4, -0.2) is 69.7 Å². The second-order valence-corrected chi connectivity index (χ2v) is 12.5. The number of carbonyl (C=O) groups excluding carboxylic acids is 2. The maximum Gasteiger partial charge on any atom is 0.374 e. The lowest BCUT2D eigenvalue weighted by atomic mass is 10.1. The monoisotopic (exact) mass is 643 g/mol. The maximum atomic E-state index is 14.2. The number of amides is 2. The number of nitrogens with zero attached hydrogens (tertiary/aromatic N) is 3. The molecule has 0 bridgehead atoms. The molecule has 0 atom stereocenters. The van der Waals surface area contributed by atoms with Crippen molar-refractivity contribution in [1.82, 2.24) is 9.80 Å². The number of aryl methyl sites for hydroxylation is 1. The standard InChI is InChI=1S/C31H34ClN3O8S/c1-4-35(44(38,39)25-9-11-28-26(18-25)21(3)29(43-28)30(36)41-5-2)27-10-8-23(32)17-22(27)19-34(20-24-7-6-14-42-24)31(37)33-12-15-40-16-13-33/h6-11,14,17-18H,4-5,12-13,15-16,19-20H2,1-3H3. The lowest BCUT2D eigenvalue weighted by molar-refractivity contribution is 0.0413. The smallest absolute Gasteiger partial charge is 0.374 e. The lowest BCUT2D eigenvalue weighted by Gasteiger charge is -2.34. The minimum atomic E-state index is -4.11. The van der Waals surface area contributed by atoms with E-state index in [1.54, 1.807) is 60.9 Å². The van der Waals surface area contributed by atoms with Gasteiger partial charge in [0, 0.05) is 35.6 Å². The number of hydrogen-bond donors (Lipinski definition) is 0. The zero-order valence-electron chi connectivity index (χ0n) is 24.7. The Balaban J connectivity index is 1.51. The van der Waals surface area contributed by atoms with E-state index < -0.39 is 16.0 Å². The van der Waals surface area contributed by atoms with E-state index in [9.17, 15) is 18.0 Å². The summed E-state index contributed by atoms with van der Waals surface area (Å²) in [6.07, 6.45) is 1.54. The first kappa shape index (κ1) is 31.4. The van der Waals surface area contributed by atoms with E-state index in [1.807, 2.05) is 0 Å². The van der Waals surface area contributed by atoms with Gasteiger partial charge in [0.2, 0.25) is 5.76 Å². The van der Waals surface area contributed by atoms with E-state index >= 15 is 0 Å². The largest absolute Gasteiger partial charge is 0.467 e. The van der Waals surface area contributed by atoms with E-state index in [2.05, 4.69) is 0 Å². The van der Waals surface area contributed by atoms with Gasteiger partial charge in [-0.3, -0.25) is 4.31 Å². The van der Waals surface area contributed by atoms with Gasteiger partial charge in [0.15, 0.2) is 0 Å². The molecule has 0 N–H and O–H groups in total. The fourth-order valence-corrected chi connectivity index (χ4v) is 6.95. The Bertz CT molecular complexity index is 1750. The Hall–Kier alpha value is -4.00. The van der Waals surface area contributed by atoms with Crippen LogP contribution in [-0.2, 0) is 32.6 Å². The Kier molecular flexibility index (Phi) is 9.52. The van der Waals surface area contributed by atoms with Crippen LogP contribution in [0.2, 0.25) is 5.02 Å². The molecule has 2 aromatic carbocycles. The molecule has 3 heterocycles. The zero-order valence-corrected chi connectivity index (χ0v) is 26.3. The minimum Gasteiger partial charge on any atom is -0.467 e. The summed E-state index contributed by atoms with van der Waals surface area (Å²) in [4.78, 5) is 29.4. The third kappa shape index (κ3) is 6.42. The van der Waals surface area contributed by atoms with Crippen molar-refractivity contribution in [3.8, 4) is 0 Å². The highest BCUT2D eigenvalue weighted by molar-refractivity contribution is 7.92. The molecule has 234 valence electrons. The second kappa shape index (κ2) is 13.3. The molecule has 2 aromatic heterocycles. The molecule has 1 saturated heterocycles. The summed E-state index contributed by atoms with van der Waals surface area (Å²) in [6, 6.07) is 12.7. The van der Waals surface area contributed by atoms with E-state index in [1.165, 1.54) is 28.8 Å². The molecule has 0 radical (unpaired) electrons. The van der Waals surface area contributed by atoms with E-state index in [-0.39, 0.29) is 42.9 Å². The van der Waals surface area contributed by atoms with Crippen molar-refractivity contribution in [2.75, 3.05) is 43.8 Å². The summed E-state index contributed by atoms with van der Waals surface area (Å²) in [6.45, 7) is 7.40. The van der Waals surface area contributed by atoms with Crippen molar-refractivity contribution >= 4 is 50.3 Å². The number of furan rings is 2. The van der Waals surface area contributed by atoms with Crippen molar-refractivity contribution in [3.05, 3.63) is 82.5 Å². The van der Waals surface area contributed by atoms with Gasteiger partial charge in [0.25, 0.3) is 10.0 Å². The van der Waals surface area contributed by atoms with E-state index in [4.69, 9.17) is 29.9 Å². The summed E-state index contributed by atoms with van der Waals surface area (Å²) in [7, 11) is -4.11. The third-order valence-corrected chi connectivity index (χ3v) is 9.51. The van der Waals surface area contributed by atoms with Crippen LogP contribution in [0, 0.1) is 6.92 Å². The highest BCUT2D eigenvalue weighted by Crippen LogP contribution is 2.34. The predicted octanol–water partition coefficient (Wildman–Crippen LogP) is 5.83. The van der Waals surface area contributed by atoms with Gasteiger partial charge >= 0.3 is 12.0 Å². The molecule has 0 unspecified atom stereocenters. The highest BCUT2D eigenvalue weighted by Gasteiger charge is 2.30. The lowest BCUT2D eigenvalue weighted by Crippen LogP contribution is -2.47. The number of halogens is 1. The van der Waals surface area contributed by atoms with Crippen LogP contribution in [0.5, 0.6) is 0 Å². The Morgan fingerprint density at radius 2 is 1.82 bits per heavy atom. The average Bonchev–Trinajstić information content (AvgIpc) is 3.65. The van der Waals surface area contributed by atoms with E-state index in [0.717, 1.165) is 0 Å². The fourth-order valence-electron chi connectivity index (χ4n) is 5.21. The van der Waals surface area contributed by atoms with Crippen LogP contribution < -0.4 is 4.31 Å². The molecule has 1 aliphatic heterocycles. The number of sulfonamides is 1. The van der Waals surface area contributed by atoms with Gasteiger partial charge in [-0.2, -0.15) is 0 Å². The van der Waals surface area contributed by atoms with Gasteiger partial charge in [0.05, 0.1) is 49.8 Å². The van der Waals surface area contributed by atoms with Gasteiger partial charge < -0.3 is 28.1 Å². The molecular formula is C31H34ClN3O8S. The number of carbonyl (C=O) groups is 2. The maximum absolute atomic E-state index is 14.2. The quantitative estimate of drug-likeness (QED) is 0.198. The van der Waals surface area contributed by atoms with Gasteiger partial charge in [-0.25, -0.2) is 18.0 Å². The van der Waals surface area contributed by atoms with Gasteiger partial charge in [-0.05, 0) is 74.9 Å². The first-order valence-electron chi connectivity index (χ1n) is 14.3. The Morgan fingerprint density at radius 1 is 1.05 bits per heavy atom. The molecule has 2 amide bonds. The van der Waals surface area contributed by atoms with Crippen LogP contribution >= 0.6 is 11.6 Å². The Labute approximate surface area is 260 Å². The fraction of sp³-hybridized carbons (Fsp3) is 0.355. The number of anilines is 1. The molecule has 1 fully saturated rings. The number of esters is 1. The number of fused-ring (bicyclic) bond motifs is 1. The van der Waals surface area contributed by atoms with Gasteiger partial charge in [-0.1, -0.05) is 11.6 Å². The minimum absolute atomic E-state index is 0.0175. The topological polar surface area (TPSA) is 123 Å². The first-order chi connectivity index (χ1) is 21.1. The van der Waals surface area contributed by atoms with Crippen LogP contribution in [0.4, 0.5) is 10.5 Å². The molecular weight excluding hydrogens is 610 g/mol. The molecule has 1 aliphatic rings. The summed E-state index contributed by atoms with van der Waals surface area (Å²) in [5.74, 6) is 0.00349. The summed E-state index contributed by atoms with van der Waals surface area (Å²) < 4.78 is 51.4. The molecule has 0 aliphatic carbocycles. The molecule has 44 heavy (non-hydrogen) atoms. The van der Waals surface area contributed by atoms with Crippen molar-refractivity contribution in [2.24, 2.45) is 0 Å². The van der Waals surface area contributed by atoms with Crippen LogP contribution in [0.1, 0.15) is 41.3 Å². The number of ether oxygens (including phenoxy) is 2. The highest BCUT2D eigenvalue weighted by atomic mass is 35.5.